The molecule has 0 aliphatic rings. The molecule has 0 heterocycles. The summed E-state index contributed by atoms with van der Waals surface area (Å²) in [5.41, 5.74) is 6.67. The Morgan fingerprint density at radius 2 is 1.95 bits per heavy atom. The third-order valence-corrected chi connectivity index (χ3v) is 3.45. The summed E-state index contributed by atoms with van der Waals surface area (Å²) in [4.78, 5) is 1.21. The van der Waals surface area contributed by atoms with E-state index in [2.05, 4.69) is 18.2 Å². The zero-order chi connectivity index (χ0) is 13.5. The standard InChI is InChI=1S/C15H14N2OS/c16-11-12-10-13(17)6-7-15(12)18-8-9-19-14-4-2-1-3-5-14/h1-7,10H,8-9,17H2. The second-order valence-electron chi connectivity index (χ2n) is 3.88. The van der Waals surface area contributed by atoms with Crippen molar-refractivity contribution >= 4 is 17.4 Å². The molecule has 3 nitrogen and oxygen atoms in total. The summed E-state index contributed by atoms with van der Waals surface area (Å²) in [5, 5.41) is 8.99. The van der Waals surface area contributed by atoms with Crippen molar-refractivity contribution in [3.63, 3.8) is 0 Å². The van der Waals surface area contributed by atoms with E-state index in [0.717, 1.165) is 5.75 Å². The van der Waals surface area contributed by atoms with E-state index in [1.54, 1.807) is 30.0 Å². The highest BCUT2D eigenvalue weighted by atomic mass is 32.2. The molecule has 0 spiro atoms. The first-order valence-electron chi connectivity index (χ1n) is 5.90. The number of nitrogens with two attached hydrogens (primary N) is 1. The lowest BCUT2D eigenvalue weighted by molar-refractivity contribution is 0.343. The van der Waals surface area contributed by atoms with Crippen molar-refractivity contribution in [2.75, 3.05) is 18.1 Å². The molecule has 2 N–H and O–H groups in total. The molecule has 2 aromatic rings. The molecule has 0 saturated heterocycles. The summed E-state index contributed by atoms with van der Waals surface area (Å²) in [6.07, 6.45) is 0. The molecule has 0 aliphatic heterocycles. The molecule has 0 aliphatic carbocycles. The summed E-state index contributed by atoms with van der Waals surface area (Å²) >= 11 is 1.72. The van der Waals surface area contributed by atoms with Gasteiger partial charge in [-0.3, -0.25) is 0 Å². The molecule has 4 heteroatoms. The Morgan fingerprint density at radius 1 is 1.16 bits per heavy atom. The normalized spacial score (nSPS) is 9.84. The van der Waals surface area contributed by atoms with Gasteiger partial charge in [0.1, 0.15) is 11.8 Å². The largest absolute Gasteiger partial charge is 0.491 e. The molecule has 2 aromatic carbocycles. The second-order valence-corrected chi connectivity index (χ2v) is 5.05. The molecule has 96 valence electrons. The number of nitrogens with zero attached hydrogens (tertiary/aromatic N) is 1. The van der Waals surface area contributed by atoms with E-state index < -0.39 is 0 Å². The predicted octanol–water partition coefficient (Wildman–Crippen LogP) is 3.31. The Labute approximate surface area is 117 Å². The monoisotopic (exact) mass is 270 g/mol. The third-order valence-electron chi connectivity index (χ3n) is 2.48. The number of hydrogen-bond donors (Lipinski definition) is 1. The zero-order valence-corrected chi connectivity index (χ0v) is 11.2. The lowest BCUT2D eigenvalue weighted by Gasteiger charge is -2.08. The highest BCUT2D eigenvalue weighted by Crippen LogP contribution is 2.21. The topological polar surface area (TPSA) is 59.0 Å². The Bertz CT molecular complexity index is 578. The van der Waals surface area contributed by atoms with Gasteiger partial charge in [0.25, 0.3) is 0 Å². The first kappa shape index (κ1) is 13.3. The predicted molar refractivity (Wildman–Crippen MR) is 78.2 cm³/mol. The van der Waals surface area contributed by atoms with Crippen LogP contribution in [-0.2, 0) is 0 Å². The highest BCUT2D eigenvalue weighted by Gasteiger charge is 2.03. The molecule has 0 saturated carbocycles. The molecule has 0 unspecified atom stereocenters. The Morgan fingerprint density at radius 3 is 2.68 bits per heavy atom. The van der Waals surface area contributed by atoms with Crippen LogP contribution in [0.25, 0.3) is 0 Å². The van der Waals surface area contributed by atoms with Crippen molar-refractivity contribution in [1.82, 2.24) is 0 Å². The zero-order valence-electron chi connectivity index (χ0n) is 10.4. The van der Waals surface area contributed by atoms with Crippen LogP contribution in [0.2, 0.25) is 0 Å². The summed E-state index contributed by atoms with van der Waals surface area (Å²) < 4.78 is 5.61. The van der Waals surface area contributed by atoms with Gasteiger partial charge in [-0.25, -0.2) is 0 Å². The number of benzene rings is 2. The number of thioether (sulfide) groups is 1. The van der Waals surface area contributed by atoms with Crippen molar-refractivity contribution in [2.45, 2.75) is 4.90 Å². The van der Waals surface area contributed by atoms with Crippen molar-refractivity contribution in [1.29, 1.82) is 5.26 Å². The van der Waals surface area contributed by atoms with Crippen molar-refractivity contribution < 1.29 is 4.74 Å². The van der Waals surface area contributed by atoms with Gasteiger partial charge in [-0.15, -0.1) is 11.8 Å². The molecule has 0 bridgehead atoms. The molecular formula is C15H14N2OS. The van der Waals surface area contributed by atoms with Crippen LogP contribution in [0, 0.1) is 11.3 Å². The van der Waals surface area contributed by atoms with Crippen LogP contribution in [0.3, 0.4) is 0 Å². The van der Waals surface area contributed by atoms with Gasteiger partial charge in [-0.1, -0.05) is 18.2 Å². The van der Waals surface area contributed by atoms with Crippen LogP contribution in [0.4, 0.5) is 5.69 Å². The quantitative estimate of drug-likeness (QED) is 0.514. The van der Waals surface area contributed by atoms with E-state index in [1.807, 2.05) is 18.2 Å². The minimum atomic E-state index is 0.477. The van der Waals surface area contributed by atoms with E-state index >= 15 is 0 Å². The maximum atomic E-state index is 8.99. The average molecular weight is 270 g/mol. The van der Waals surface area contributed by atoms with Gasteiger partial charge >= 0.3 is 0 Å². The smallest absolute Gasteiger partial charge is 0.137 e. The minimum absolute atomic E-state index is 0.477. The summed E-state index contributed by atoms with van der Waals surface area (Å²) in [6, 6.07) is 17.3. The number of nitrogen functional groups attached to an aromatic ring is 1. The van der Waals surface area contributed by atoms with E-state index in [-0.39, 0.29) is 0 Å². The second kappa shape index (κ2) is 6.72. The van der Waals surface area contributed by atoms with Crippen molar-refractivity contribution in [3.05, 3.63) is 54.1 Å². The van der Waals surface area contributed by atoms with Crippen LogP contribution in [0.5, 0.6) is 5.75 Å². The van der Waals surface area contributed by atoms with E-state index in [0.29, 0.717) is 23.6 Å². The van der Waals surface area contributed by atoms with Gasteiger partial charge in [0.2, 0.25) is 0 Å². The van der Waals surface area contributed by atoms with Gasteiger partial charge in [-0.05, 0) is 30.3 Å². The Kier molecular flexibility index (Phi) is 4.71. The van der Waals surface area contributed by atoms with Gasteiger partial charge in [0.15, 0.2) is 0 Å². The fourth-order valence-electron chi connectivity index (χ4n) is 1.59. The molecule has 0 atom stereocenters. The minimum Gasteiger partial charge on any atom is -0.491 e. The Balaban J connectivity index is 1.85. The molecule has 0 aromatic heterocycles. The molecule has 0 radical (unpaired) electrons. The molecule has 19 heavy (non-hydrogen) atoms. The van der Waals surface area contributed by atoms with E-state index in [4.69, 9.17) is 15.7 Å². The van der Waals surface area contributed by atoms with Gasteiger partial charge in [0, 0.05) is 16.3 Å². The van der Waals surface area contributed by atoms with E-state index in [1.165, 1.54) is 4.90 Å². The fraction of sp³-hybridized carbons (Fsp3) is 0.133. The van der Waals surface area contributed by atoms with Gasteiger partial charge in [0.05, 0.1) is 12.2 Å². The fourth-order valence-corrected chi connectivity index (χ4v) is 2.34. The number of ether oxygens (including phenoxy) is 1. The van der Waals surface area contributed by atoms with Gasteiger partial charge < -0.3 is 10.5 Å². The maximum absolute atomic E-state index is 8.99. The van der Waals surface area contributed by atoms with Crippen LogP contribution in [0.1, 0.15) is 5.56 Å². The van der Waals surface area contributed by atoms with Crippen LogP contribution in [-0.4, -0.2) is 12.4 Å². The Hall–Kier alpha value is -2.12. The number of anilines is 1. The first-order chi connectivity index (χ1) is 9.29. The highest BCUT2D eigenvalue weighted by molar-refractivity contribution is 7.99. The summed E-state index contributed by atoms with van der Waals surface area (Å²) in [5.74, 6) is 1.42. The summed E-state index contributed by atoms with van der Waals surface area (Å²) in [6.45, 7) is 0.554. The maximum Gasteiger partial charge on any atom is 0.137 e. The van der Waals surface area contributed by atoms with Crippen LogP contribution in [0.15, 0.2) is 53.4 Å². The molecular weight excluding hydrogens is 256 g/mol. The SMILES string of the molecule is N#Cc1cc(N)ccc1OCCSc1ccccc1. The van der Waals surface area contributed by atoms with Crippen LogP contribution >= 0.6 is 11.8 Å². The lowest BCUT2D eigenvalue weighted by atomic mass is 10.2. The number of nitriles is 1. The lowest BCUT2D eigenvalue weighted by Crippen LogP contribution is -2.02. The van der Waals surface area contributed by atoms with Crippen molar-refractivity contribution in [3.8, 4) is 11.8 Å². The van der Waals surface area contributed by atoms with E-state index in [9.17, 15) is 0 Å². The first-order valence-corrected chi connectivity index (χ1v) is 6.88. The van der Waals surface area contributed by atoms with Crippen molar-refractivity contribution in [2.24, 2.45) is 0 Å². The molecule has 2 rings (SSSR count). The number of rotatable bonds is 5. The van der Waals surface area contributed by atoms with Crippen LogP contribution < -0.4 is 10.5 Å². The molecule has 0 fully saturated rings. The average Bonchev–Trinajstić information content (AvgIpc) is 2.46. The molecule has 0 amide bonds. The number of hydrogen-bond acceptors (Lipinski definition) is 4. The third kappa shape index (κ3) is 3.94. The van der Waals surface area contributed by atoms with Gasteiger partial charge in [-0.2, -0.15) is 5.26 Å². The summed E-state index contributed by atoms with van der Waals surface area (Å²) in [7, 11) is 0.